The predicted molar refractivity (Wildman–Crippen MR) is 150 cm³/mol. The molecule has 0 aliphatic carbocycles. The highest BCUT2D eigenvalue weighted by Crippen LogP contribution is 2.30. The van der Waals surface area contributed by atoms with Crippen molar-refractivity contribution < 1.29 is 22.4 Å². The summed E-state index contributed by atoms with van der Waals surface area (Å²) in [7, 11) is -3.79. The number of furan rings is 1. The highest BCUT2D eigenvalue weighted by Gasteiger charge is 2.35. The van der Waals surface area contributed by atoms with Crippen molar-refractivity contribution in [2.75, 3.05) is 11.3 Å². The summed E-state index contributed by atoms with van der Waals surface area (Å²) >= 11 is 1.18. The smallest absolute Gasteiger partial charge is 0.271 e. The molecule has 5 rings (SSSR count). The molecule has 200 valence electrons. The van der Waals surface area contributed by atoms with E-state index in [2.05, 4.69) is 9.71 Å². The maximum Gasteiger partial charge on any atom is 0.271 e. The lowest BCUT2D eigenvalue weighted by Crippen LogP contribution is -2.43. The van der Waals surface area contributed by atoms with Crippen LogP contribution in [0.3, 0.4) is 0 Å². The normalized spacial score (nSPS) is 15.0. The zero-order chi connectivity index (χ0) is 28.3. The molecule has 1 aliphatic heterocycles. The lowest BCUT2D eigenvalue weighted by molar-refractivity contribution is -0.140. The quantitative estimate of drug-likeness (QED) is 0.232. The second kappa shape index (κ2) is 11.1. The van der Waals surface area contributed by atoms with Crippen molar-refractivity contribution in [1.82, 2.24) is 9.88 Å². The minimum atomic E-state index is -3.79. The van der Waals surface area contributed by atoms with Crippen LogP contribution in [-0.2, 0) is 26.0 Å². The number of aromatic nitrogens is 1. The van der Waals surface area contributed by atoms with Crippen LogP contribution in [-0.4, -0.2) is 36.7 Å². The highest BCUT2D eigenvalue weighted by atomic mass is 32.2. The fraction of sp³-hybridized carbons (Fsp3) is 0.103. The van der Waals surface area contributed by atoms with Crippen molar-refractivity contribution in [1.29, 1.82) is 5.26 Å². The molecule has 1 aliphatic rings. The Morgan fingerprint density at radius 1 is 1.05 bits per heavy atom. The molecular formula is C29H22N4O5S2. The number of thiazole rings is 1. The third-order valence-corrected chi connectivity index (χ3v) is 8.48. The lowest BCUT2D eigenvalue weighted by atomic mass is 9.94. The average molecular weight is 571 g/mol. The van der Waals surface area contributed by atoms with Gasteiger partial charge in [-0.2, -0.15) is 5.26 Å². The SMILES string of the molecule is CC1=C(C#N)C(=O)N(CCc2ccccc2)C(=O)/C1=C/c1ccc(-c2ccc(S(=O)(=O)Nc3nccs3)cc2)o1. The number of rotatable bonds is 8. The van der Waals surface area contributed by atoms with Gasteiger partial charge in [0, 0.05) is 29.3 Å². The van der Waals surface area contributed by atoms with Crippen LogP contribution in [0, 0.1) is 11.3 Å². The predicted octanol–water partition coefficient (Wildman–Crippen LogP) is 5.04. The van der Waals surface area contributed by atoms with Gasteiger partial charge in [-0.05, 0) is 67.0 Å². The summed E-state index contributed by atoms with van der Waals surface area (Å²) < 4.78 is 33.6. The van der Waals surface area contributed by atoms with Crippen LogP contribution < -0.4 is 4.72 Å². The van der Waals surface area contributed by atoms with Crippen molar-refractivity contribution >= 4 is 44.4 Å². The third kappa shape index (κ3) is 5.49. The Bertz CT molecular complexity index is 1780. The highest BCUT2D eigenvalue weighted by molar-refractivity contribution is 7.93. The van der Waals surface area contributed by atoms with E-state index < -0.39 is 21.8 Å². The van der Waals surface area contributed by atoms with Crippen LogP contribution >= 0.6 is 11.3 Å². The second-order valence-electron chi connectivity index (χ2n) is 8.84. The first kappa shape index (κ1) is 26.8. The number of nitrogens with zero attached hydrogens (tertiary/aromatic N) is 3. The van der Waals surface area contributed by atoms with E-state index in [9.17, 15) is 23.3 Å². The van der Waals surface area contributed by atoms with Gasteiger partial charge in [0.2, 0.25) is 0 Å². The van der Waals surface area contributed by atoms with Gasteiger partial charge in [0.15, 0.2) is 5.13 Å². The number of benzene rings is 2. The van der Waals surface area contributed by atoms with Gasteiger partial charge < -0.3 is 4.42 Å². The van der Waals surface area contributed by atoms with E-state index >= 15 is 0 Å². The first-order valence-electron chi connectivity index (χ1n) is 12.1. The van der Waals surface area contributed by atoms with E-state index in [4.69, 9.17) is 4.42 Å². The van der Waals surface area contributed by atoms with E-state index in [0.717, 1.165) is 10.5 Å². The molecule has 40 heavy (non-hydrogen) atoms. The first-order chi connectivity index (χ1) is 19.3. The van der Waals surface area contributed by atoms with Gasteiger partial charge in [0.05, 0.1) is 4.90 Å². The van der Waals surface area contributed by atoms with Crippen molar-refractivity contribution in [2.24, 2.45) is 0 Å². The molecule has 3 heterocycles. The molecule has 0 atom stereocenters. The lowest BCUT2D eigenvalue weighted by Gasteiger charge is -2.27. The second-order valence-corrected chi connectivity index (χ2v) is 11.4. The van der Waals surface area contributed by atoms with Crippen LogP contribution in [0.5, 0.6) is 0 Å². The molecule has 2 aromatic carbocycles. The monoisotopic (exact) mass is 570 g/mol. The summed E-state index contributed by atoms with van der Waals surface area (Å²) in [6, 6.07) is 20.9. The molecule has 9 nitrogen and oxygen atoms in total. The largest absolute Gasteiger partial charge is 0.457 e. The number of imide groups is 1. The number of nitriles is 1. The van der Waals surface area contributed by atoms with Gasteiger partial charge in [-0.3, -0.25) is 19.2 Å². The Labute approximate surface area is 234 Å². The van der Waals surface area contributed by atoms with E-state index in [-0.39, 0.29) is 33.3 Å². The summed E-state index contributed by atoms with van der Waals surface area (Å²) in [4.78, 5) is 31.3. The molecule has 11 heteroatoms. The zero-order valence-electron chi connectivity index (χ0n) is 21.2. The Kier molecular flexibility index (Phi) is 7.46. The van der Waals surface area contributed by atoms with E-state index in [1.807, 2.05) is 36.4 Å². The van der Waals surface area contributed by atoms with Crippen molar-refractivity contribution in [2.45, 2.75) is 18.2 Å². The number of hydrogen-bond donors (Lipinski definition) is 1. The fourth-order valence-corrected chi connectivity index (χ4v) is 5.98. The van der Waals surface area contributed by atoms with Crippen LogP contribution in [0.1, 0.15) is 18.2 Å². The number of carbonyl (C=O) groups is 2. The minimum absolute atomic E-state index is 0.0678. The molecule has 0 bridgehead atoms. The number of amides is 2. The number of nitrogens with one attached hydrogen (secondary N) is 1. The zero-order valence-corrected chi connectivity index (χ0v) is 22.8. The molecule has 0 spiro atoms. The summed E-state index contributed by atoms with van der Waals surface area (Å²) in [5.41, 5.74) is 1.98. The number of carbonyl (C=O) groups excluding carboxylic acids is 2. The van der Waals surface area contributed by atoms with Crippen molar-refractivity contribution in [3.05, 3.63) is 106 Å². The number of anilines is 1. The Morgan fingerprint density at radius 2 is 1.80 bits per heavy atom. The summed E-state index contributed by atoms with van der Waals surface area (Å²) in [5, 5.41) is 11.6. The van der Waals surface area contributed by atoms with Gasteiger partial charge in [-0.25, -0.2) is 13.4 Å². The molecule has 2 aromatic heterocycles. The standard InChI is InChI=1S/C29H22N4O5S2/c1-19-24(27(34)33(28(35)25(19)18-30)15-13-20-5-3-2-4-6-20)17-22-9-12-26(38-22)21-7-10-23(11-8-21)40(36,37)32-29-31-14-16-39-29/h2-12,14,16-17H,13,15H2,1H3,(H,31,32)/b24-17+. The van der Waals surface area contributed by atoms with Crippen LogP contribution in [0.15, 0.2) is 104 Å². The minimum Gasteiger partial charge on any atom is -0.457 e. The maximum atomic E-state index is 13.3. The molecule has 0 saturated heterocycles. The number of hydrogen-bond acceptors (Lipinski definition) is 8. The molecule has 0 radical (unpaired) electrons. The molecule has 0 fully saturated rings. The van der Waals surface area contributed by atoms with Gasteiger partial charge in [-0.15, -0.1) is 11.3 Å². The van der Waals surface area contributed by atoms with Crippen LogP contribution in [0.25, 0.3) is 17.4 Å². The Morgan fingerprint density at radius 3 is 2.48 bits per heavy atom. The van der Waals surface area contributed by atoms with E-state index in [0.29, 0.717) is 23.5 Å². The van der Waals surface area contributed by atoms with Crippen LogP contribution in [0.4, 0.5) is 5.13 Å². The first-order valence-corrected chi connectivity index (χ1v) is 14.5. The summed E-state index contributed by atoms with van der Waals surface area (Å²) in [6.07, 6.45) is 3.48. The van der Waals surface area contributed by atoms with Crippen molar-refractivity contribution in [3.8, 4) is 17.4 Å². The van der Waals surface area contributed by atoms with Crippen LogP contribution in [0.2, 0.25) is 0 Å². The fourth-order valence-electron chi connectivity index (χ4n) is 4.19. The van der Waals surface area contributed by atoms with Gasteiger partial charge in [-0.1, -0.05) is 30.3 Å². The summed E-state index contributed by atoms with van der Waals surface area (Å²) in [6.45, 7) is 1.70. The topological polar surface area (TPSA) is 133 Å². The van der Waals surface area contributed by atoms with Gasteiger partial charge >= 0.3 is 0 Å². The molecule has 4 aromatic rings. The molecule has 0 saturated carbocycles. The van der Waals surface area contributed by atoms with Gasteiger partial charge in [0.25, 0.3) is 21.8 Å². The molecule has 0 unspecified atom stereocenters. The summed E-state index contributed by atoms with van der Waals surface area (Å²) in [5.74, 6) is -0.323. The third-order valence-electron chi connectivity index (χ3n) is 6.31. The number of sulfonamides is 1. The average Bonchev–Trinajstić information content (AvgIpc) is 3.64. The Hall–Kier alpha value is -4.79. The molecule has 2 amide bonds. The molecule has 1 N–H and O–H groups in total. The van der Waals surface area contributed by atoms with Crippen molar-refractivity contribution in [3.63, 3.8) is 0 Å². The van der Waals surface area contributed by atoms with E-state index in [1.165, 1.54) is 35.7 Å². The maximum absolute atomic E-state index is 13.3. The van der Waals surface area contributed by atoms with Gasteiger partial charge in [0.1, 0.15) is 23.2 Å². The Balaban J connectivity index is 1.38. The molecular weight excluding hydrogens is 548 g/mol. The van der Waals surface area contributed by atoms with E-state index in [1.54, 1.807) is 36.6 Å².